The second-order valence-electron chi connectivity index (χ2n) is 4.38. The highest BCUT2D eigenvalue weighted by atomic mass is 35.5. The normalized spacial score (nSPS) is 14.1. The highest BCUT2D eigenvalue weighted by Gasteiger charge is 2.23. The third-order valence-corrected chi connectivity index (χ3v) is 3.33. The number of cyclic esters (lactones) is 1. The summed E-state index contributed by atoms with van der Waals surface area (Å²) in [6.45, 7) is 0.851. The Morgan fingerprint density at radius 3 is 2.86 bits per heavy atom. The molecule has 1 aromatic heterocycles. The molecule has 2 amide bonds. The molecular weight excluding hydrogens is 296 g/mol. The van der Waals surface area contributed by atoms with Crippen molar-refractivity contribution in [2.45, 2.75) is 0 Å². The maximum atomic E-state index is 12.0. The Labute approximate surface area is 125 Å². The zero-order chi connectivity index (χ0) is 14.8. The highest BCUT2D eigenvalue weighted by molar-refractivity contribution is 6.32. The van der Waals surface area contributed by atoms with Crippen molar-refractivity contribution >= 4 is 35.0 Å². The van der Waals surface area contributed by atoms with Crippen molar-refractivity contribution in [3.63, 3.8) is 0 Å². The standard InChI is InChI=1S/C14H11ClN2O4/c15-12-11(4-6-20-12)13(18)16-9-2-1-3-10(8-9)17-5-7-21-14(17)19/h1-4,6,8H,5,7H2,(H,16,18). The zero-order valence-electron chi connectivity index (χ0n) is 10.8. The molecule has 0 radical (unpaired) electrons. The van der Waals surface area contributed by atoms with Crippen LogP contribution in [0.15, 0.2) is 41.0 Å². The molecule has 0 aliphatic carbocycles. The lowest BCUT2D eigenvalue weighted by Crippen LogP contribution is -2.23. The van der Waals surface area contributed by atoms with Crippen molar-refractivity contribution in [3.05, 3.63) is 47.4 Å². The monoisotopic (exact) mass is 306 g/mol. The Hall–Kier alpha value is -2.47. The van der Waals surface area contributed by atoms with E-state index in [4.69, 9.17) is 20.8 Å². The molecule has 0 spiro atoms. The van der Waals surface area contributed by atoms with Crippen LogP contribution in [0.5, 0.6) is 0 Å². The second-order valence-corrected chi connectivity index (χ2v) is 4.72. The summed E-state index contributed by atoms with van der Waals surface area (Å²) in [6, 6.07) is 8.41. The molecule has 1 saturated heterocycles. The topological polar surface area (TPSA) is 71.8 Å². The van der Waals surface area contributed by atoms with Crippen LogP contribution < -0.4 is 10.2 Å². The van der Waals surface area contributed by atoms with Crippen molar-refractivity contribution < 1.29 is 18.7 Å². The molecule has 6 nitrogen and oxygen atoms in total. The number of benzene rings is 1. The molecule has 3 rings (SSSR count). The molecule has 2 heterocycles. The Morgan fingerprint density at radius 1 is 1.33 bits per heavy atom. The number of nitrogens with one attached hydrogen (secondary N) is 1. The maximum absolute atomic E-state index is 12.0. The van der Waals surface area contributed by atoms with Gasteiger partial charge in [0.15, 0.2) is 0 Å². The van der Waals surface area contributed by atoms with E-state index in [2.05, 4.69) is 5.32 Å². The first kappa shape index (κ1) is 13.5. The van der Waals surface area contributed by atoms with Crippen LogP contribution in [0.2, 0.25) is 5.22 Å². The fraction of sp³-hybridized carbons (Fsp3) is 0.143. The molecule has 0 atom stereocenters. The van der Waals surface area contributed by atoms with Crippen LogP contribution in [0.4, 0.5) is 16.2 Å². The quantitative estimate of drug-likeness (QED) is 0.945. The van der Waals surface area contributed by atoms with Crippen molar-refractivity contribution in [2.24, 2.45) is 0 Å². The summed E-state index contributed by atoms with van der Waals surface area (Å²) in [6.07, 6.45) is 0.949. The number of carbonyl (C=O) groups excluding carboxylic acids is 2. The molecule has 1 aromatic carbocycles. The first-order valence-corrected chi connectivity index (χ1v) is 6.61. The smallest absolute Gasteiger partial charge is 0.414 e. The number of amides is 2. The Bertz CT molecular complexity index is 698. The fourth-order valence-corrected chi connectivity index (χ4v) is 2.23. The van der Waals surface area contributed by atoms with Gasteiger partial charge in [-0.05, 0) is 35.9 Å². The van der Waals surface area contributed by atoms with E-state index in [1.807, 2.05) is 0 Å². The molecule has 0 unspecified atom stereocenters. The van der Waals surface area contributed by atoms with Gasteiger partial charge in [-0.25, -0.2) is 4.79 Å². The van der Waals surface area contributed by atoms with Crippen LogP contribution >= 0.6 is 11.6 Å². The lowest BCUT2D eigenvalue weighted by molar-refractivity contribution is 0.102. The van der Waals surface area contributed by atoms with E-state index in [1.165, 1.54) is 17.2 Å². The number of furan rings is 1. The molecular formula is C14H11ClN2O4. The summed E-state index contributed by atoms with van der Waals surface area (Å²) in [4.78, 5) is 25.1. The van der Waals surface area contributed by atoms with Gasteiger partial charge in [0.1, 0.15) is 6.61 Å². The molecule has 1 fully saturated rings. The van der Waals surface area contributed by atoms with E-state index in [-0.39, 0.29) is 16.7 Å². The number of ether oxygens (including phenoxy) is 1. The summed E-state index contributed by atoms with van der Waals surface area (Å²) >= 11 is 5.76. The minimum Gasteiger partial charge on any atom is -0.452 e. The van der Waals surface area contributed by atoms with Crippen molar-refractivity contribution in [1.29, 1.82) is 0 Å². The molecule has 1 N–H and O–H groups in total. The zero-order valence-corrected chi connectivity index (χ0v) is 11.6. The Morgan fingerprint density at radius 2 is 2.19 bits per heavy atom. The van der Waals surface area contributed by atoms with Gasteiger partial charge in [0, 0.05) is 11.4 Å². The predicted octanol–water partition coefficient (Wildman–Crippen LogP) is 3.14. The van der Waals surface area contributed by atoms with Gasteiger partial charge in [0.05, 0.1) is 18.4 Å². The van der Waals surface area contributed by atoms with Gasteiger partial charge in [-0.2, -0.15) is 0 Å². The third-order valence-electron chi connectivity index (χ3n) is 3.04. The van der Waals surface area contributed by atoms with Gasteiger partial charge in [-0.3, -0.25) is 9.69 Å². The van der Waals surface area contributed by atoms with E-state index >= 15 is 0 Å². The molecule has 1 aliphatic heterocycles. The summed E-state index contributed by atoms with van der Waals surface area (Å²) in [5, 5.41) is 2.74. The molecule has 21 heavy (non-hydrogen) atoms. The van der Waals surface area contributed by atoms with Gasteiger partial charge >= 0.3 is 6.09 Å². The van der Waals surface area contributed by atoms with Crippen LogP contribution in [0.25, 0.3) is 0 Å². The highest BCUT2D eigenvalue weighted by Crippen LogP contribution is 2.24. The second kappa shape index (κ2) is 5.49. The summed E-state index contributed by atoms with van der Waals surface area (Å²) in [5.74, 6) is -0.380. The number of hydrogen-bond acceptors (Lipinski definition) is 4. The minimum absolute atomic E-state index is 0.0341. The van der Waals surface area contributed by atoms with Gasteiger partial charge in [0.25, 0.3) is 5.91 Å². The fourth-order valence-electron chi connectivity index (χ4n) is 2.03. The number of hydrogen-bond donors (Lipinski definition) is 1. The first-order valence-electron chi connectivity index (χ1n) is 6.24. The number of rotatable bonds is 3. The number of nitrogens with zero attached hydrogens (tertiary/aromatic N) is 1. The van der Waals surface area contributed by atoms with Gasteiger partial charge in [-0.15, -0.1) is 0 Å². The van der Waals surface area contributed by atoms with Crippen molar-refractivity contribution in [2.75, 3.05) is 23.4 Å². The van der Waals surface area contributed by atoms with Crippen LogP contribution in [0.3, 0.4) is 0 Å². The predicted molar refractivity (Wildman–Crippen MR) is 76.8 cm³/mol. The van der Waals surface area contributed by atoms with Crippen LogP contribution in [0.1, 0.15) is 10.4 Å². The summed E-state index contributed by atoms with van der Waals surface area (Å²) < 4.78 is 9.76. The largest absolute Gasteiger partial charge is 0.452 e. The van der Waals surface area contributed by atoms with E-state index in [0.29, 0.717) is 24.5 Å². The Kier molecular flexibility index (Phi) is 3.53. The van der Waals surface area contributed by atoms with Gasteiger partial charge < -0.3 is 14.5 Å². The van der Waals surface area contributed by atoms with Crippen molar-refractivity contribution in [1.82, 2.24) is 0 Å². The van der Waals surface area contributed by atoms with E-state index in [9.17, 15) is 9.59 Å². The van der Waals surface area contributed by atoms with E-state index < -0.39 is 6.09 Å². The SMILES string of the molecule is O=C(Nc1cccc(N2CCOC2=O)c1)c1ccoc1Cl. The molecule has 7 heteroatoms. The minimum atomic E-state index is -0.392. The van der Waals surface area contributed by atoms with E-state index in [0.717, 1.165) is 0 Å². The van der Waals surface area contributed by atoms with Gasteiger partial charge in [0.2, 0.25) is 5.22 Å². The molecule has 2 aromatic rings. The average Bonchev–Trinajstić information content (AvgIpc) is 3.07. The molecule has 1 aliphatic rings. The molecule has 0 saturated carbocycles. The first-order chi connectivity index (χ1) is 10.1. The third kappa shape index (κ3) is 2.71. The average molecular weight is 307 g/mol. The Balaban J connectivity index is 1.79. The van der Waals surface area contributed by atoms with E-state index in [1.54, 1.807) is 24.3 Å². The maximum Gasteiger partial charge on any atom is 0.414 e. The van der Waals surface area contributed by atoms with Crippen molar-refractivity contribution in [3.8, 4) is 0 Å². The number of carbonyl (C=O) groups is 2. The molecule has 108 valence electrons. The lowest BCUT2D eigenvalue weighted by Gasteiger charge is -2.14. The van der Waals surface area contributed by atoms with Crippen LogP contribution in [-0.2, 0) is 4.74 Å². The lowest BCUT2D eigenvalue weighted by atomic mass is 10.2. The molecule has 0 bridgehead atoms. The van der Waals surface area contributed by atoms with Crippen LogP contribution in [0, 0.1) is 0 Å². The number of halogens is 1. The number of anilines is 2. The summed E-state index contributed by atoms with van der Waals surface area (Å²) in [5.41, 5.74) is 1.46. The van der Waals surface area contributed by atoms with Gasteiger partial charge in [-0.1, -0.05) is 6.07 Å². The van der Waals surface area contributed by atoms with Crippen LogP contribution in [-0.4, -0.2) is 25.2 Å². The summed E-state index contributed by atoms with van der Waals surface area (Å²) in [7, 11) is 0.